The van der Waals surface area contributed by atoms with Crippen LogP contribution >= 0.6 is 0 Å². The Morgan fingerprint density at radius 1 is 0.838 bits per heavy atom. The molecule has 4 nitrogen and oxygen atoms in total. The van der Waals surface area contributed by atoms with Crippen molar-refractivity contribution in [2.45, 2.75) is 64.3 Å². The molecule has 192 valence electrons. The maximum absolute atomic E-state index is 13.9. The van der Waals surface area contributed by atoms with Crippen molar-refractivity contribution < 1.29 is 9.59 Å². The summed E-state index contributed by atoms with van der Waals surface area (Å²) in [6, 6.07) is 25.4. The summed E-state index contributed by atoms with van der Waals surface area (Å²) in [7, 11) is 1.92. The number of anilines is 2. The number of rotatable bonds is 8. The first kappa shape index (κ1) is 25.3. The lowest BCUT2D eigenvalue weighted by atomic mass is 9.68. The fourth-order valence-corrected chi connectivity index (χ4v) is 5.99. The van der Waals surface area contributed by atoms with Gasteiger partial charge in [0.15, 0.2) is 0 Å². The molecule has 0 aliphatic heterocycles. The van der Waals surface area contributed by atoms with Crippen LogP contribution in [0.15, 0.2) is 72.8 Å². The van der Waals surface area contributed by atoms with Gasteiger partial charge >= 0.3 is 0 Å². The highest BCUT2D eigenvalue weighted by molar-refractivity contribution is 5.95. The molecule has 2 atom stereocenters. The maximum Gasteiger partial charge on any atom is 0.230 e. The Kier molecular flexibility index (Phi) is 7.73. The highest BCUT2D eigenvalue weighted by atomic mass is 16.2. The zero-order valence-electron chi connectivity index (χ0n) is 22.1. The molecule has 0 heterocycles. The molecule has 5 rings (SSSR count). The standard InChI is InChI=1S/C33H38N2O2/c1-23(36)31-19-20-32(31)28-9-6-10-30(21-28)35(33(37)27-7-4-3-5-8-27)22-24-11-13-25(14-12-24)26-15-17-29(34-2)18-16-26/h6,9-18,21,27,31-32,34H,3-5,7-8,19-20,22H2,1-2H3. The third kappa shape index (κ3) is 5.64. The number of benzene rings is 3. The van der Waals surface area contributed by atoms with Crippen molar-refractivity contribution in [2.24, 2.45) is 11.8 Å². The van der Waals surface area contributed by atoms with E-state index in [1.54, 1.807) is 6.92 Å². The predicted octanol–water partition coefficient (Wildman–Crippen LogP) is 7.59. The monoisotopic (exact) mass is 494 g/mol. The zero-order chi connectivity index (χ0) is 25.8. The van der Waals surface area contributed by atoms with E-state index in [2.05, 4.69) is 78.1 Å². The summed E-state index contributed by atoms with van der Waals surface area (Å²) in [5.41, 5.74) is 6.69. The summed E-state index contributed by atoms with van der Waals surface area (Å²) in [6.45, 7) is 2.26. The minimum Gasteiger partial charge on any atom is -0.388 e. The Bertz CT molecular complexity index is 1230. The molecule has 1 N–H and O–H groups in total. The number of nitrogens with zero attached hydrogens (tertiary/aromatic N) is 1. The van der Waals surface area contributed by atoms with Gasteiger partial charge in [0.05, 0.1) is 6.54 Å². The topological polar surface area (TPSA) is 49.4 Å². The average Bonchev–Trinajstić information content (AvgIpc) is 2.91. The lowest BCUT2D eigenvalue weighted by molar-refractivity contribution is -0.124. The van der Waals surface area contributed by atoms with Gasteiger partial charge in [0, 0.05) is 30.3 Å². The van der Waals surface area contributed by atoms with E-state index in [9.17, 15) is 9.59 Å². The highest BCUT2D eigenvalue weighted by Crippen LogP contribution is 2.44. The smallest absolute Gasteiger partial charge is 0.230 e. The molecule has 37 heavy (non-hydrogen) atoms. The van der Waals surface area contributed by atoms with Crippen molar-refractivity contribution in [3.8, 4) is 11.1 Å². The average molecular weight is 495 g/mol. The molecule has 3 aromatic carbocycles. The predicted molar refractivity (Wildman–Crippen MR) is 152 cm³/mol. The van der Waals surface area contributed by atoms with Gasteiger partial charge in [0.1, 0.15) is 5.78 Å². The molecule has 0 radical (unpaired) electrons. The van der Waals surface area contributed by atoms with Gasteiger partial charge in [-0.2, -0.15) is 0 Å². The molecular formula is C33H38N2O2. The zero-order valence-corrected chi connectivity index (χ0v) is 22.1. The van der Waals surface area contributed by atoms with Crippen LogP contribution in [0.25, 0.3) is 11.1 Å². The van der Waals surface area contributed by atoms with Crippen LogP contribution in [0.5, 0.6) is 0 Å². The minimum atomic E-state index is 0.0936. The first-order valence-electron chi connectivity index (χ1n) is 13.8. The number of hydrogen-bond donors (Lipinski definition) is 1. The van der Waals surface area contributed by atoms with E-state index >= 15 is 0 Å². The third-order valence-electron chi connectivity index (χ3n) is 8.43. The van der Waals surface area contributed by atoms with Crippen LogP contribution in [0.3, 0.4) is 0 Å². The molecule has 2 fully saturated rings. The second-order valence-corrected chi connectivity index (χ2v) is 10.8. The Hall–Kier alpha value is -3.40. The van der Waals surface area contributed by atoms with Crippen LogP contribution in [0.2, 0.25) is 0 Å². The van der Waals surface area contributed by atoms with Gasteiger partial charge in [-0.15, -0.1) is 0 Å². The van der Waals surface area contributed by atoms with Crippen LogP contribution < -0.4 is 10.2 Å². The highest BCUT2D eigenvalue weighted by Gasteiger charge is 2.36. The summed E-state index contributed by atoms with van der Waals surface area (Å²) in [5.74, 6) is 0.999. The molecule has 3 aromatic rings. The molecular weight excluding hydrogens is 456 g/mol. The van der Waals surface area contributed by atoms with Crippen LogP contribution in [-0.2, 0) is 16.1 Å². The van der Waals surface area contributed by atoms with Crippen LogP contribution in [0.4, 0.5) is 11.4 Å². The fourth-order valence-electron chi connectivity index (χ4n) is 5.99. The first-order valence-corrected chi connectivity index (χ1v) is 13.8. The van der Waals surface area contributed by atoms with E-state index in [0.717, 1.165) is 55.5 Å². The normalized spacial score (nSPS) is 19.6. The van der Waals surface area contributed by atoms with E-state index in [-0.39, 0.29) is 29.4 Å². The summed E-state index contributed by atoms with van der Waals surface area (Å²) in [5, 5.41) is 3.16. The Balaban J connectivity index is 1.40. The Morgan fingerprint density at radius 3 is 2.11 bits per heavy atom. The maximum atomic E-state index is 13.9. The van der Waals surface area contributed by atoms with Gasteiger partial charge in [-0.25, -0.2) is 0 Å². The molecule has 2 aliphatic carbocycles. The fraction of sp³-hybridized carbons (Fsp3) is 0.394. The number of carbonyl (C=O) groups excluding carboxylic acids is 2. The van der Waals surface area contributed by atoms with Crippen molar-refractivity contribution in [3.05, 3.63) is 83.9 Å². The molecule has 1 amide bonds. The molecule has 0 saturated heterocycles. The SMILES string of the molecule is CNc1ccc(-c2ccc(CN(C(=O)C3CCCCC3)c3cccc(C4CCC4C(C)=O)c3)cc2)cc1. The number of nitrogens with one attached hydrogen (secondary N) is 1. The number of ketones is 1. The Labute approximate surface area is 221 Å². The molecule has 0 bridgehead atoms. The number of Topliss-reactive ketones (excluding diaryl/α,β-unsaturated/α-hetero) is 1. The van der Waals surface area contributed by atoms with Gasteiger partial charge in [0.25, 0.3) is 0 Å². The van der Waals surface area contributed by atoms with Crippen molar-refractivity contribution in [1.29, 1.82) is 0 Å². The molecule has 2 unspecified atom stereocenters. The van der Waals surface area contributed by atoms with Crippen LogP contribution in [0, 0.1) is 11.8 Å². The van der Waals surface area contributed by atoms with Crippen molar-refractivity contribution in [1.82, 2.24) is 0 Å². The van der Waals surface area contributed by atoms with E-state index in [1.807, 2.05) is 11.9 Å². The van der Waals surface area contributed by atoms with Crippen molar-refractivity contribution in [3.63, 3.8) is 0 Å². The first-order chi connectivity index (χ1) is 18.0. The second kappa shape index (κ2) is 11.3. The largest absolute Gasteiger partial charge is 0.388 e. The van der Waals surface area contributed by atoms with Gasteiger partial charge in [0.2, 0.25) is 5.91 Å². The quantitative estimate of drug-likeness (QED) is 0.351. The van der Waals surface area contributed by atoms with Gasteiger partial charge in [-0.3, -0.25) is 9.59 Å². The Morgan fingerprint density at radius 2 is 1.51 bits per heavy atom. The van der Waals surface area contributed by atoms with E-state index < -0.39 is 0 Å². The lowest BCUT2D eigenvalue weighted by Crippen LogP contribution is -2.37. The van der Waals surface area contributed by atoms with E-state index in [0.29, 0.717) is 6.54 Å². The molecule has 4 heteroatoms. The van der Waals surface area contributed by atoms with Gasteiger partial charge in [-0.05, 0) is 85.0 Å². The van der Waals surface area contributed by atoms with Crippen molar-refractivity contribution >= 4 is 23.1 Å². The minimum absolute atomic E-state index is 0.0936. The van der Waals surface area contributed by atoms with Crippen LogP contribution in [0.1, 0.15) is 68.9 Å². The number of amides is 1. The van der Waals surface area contributed by atoms with Crippen LogP contribution in [-0.4, -0.2) is 18.7 Å². The molecule has 2 aliphatic rings. The molecule has 0 spiro atoms. The molecule has 2 saturated carbocycles. The third-order valence-corrected chi connectivity index (χ3v) is 8.43. The number of carbonyl (C=O) groups is 2. The van der Waals surface area contributed by atoms with Gasteiger partial charge in [-0.1, -0.05) is 67.8 Å². The summed E-state index contributed by atoms with van der Waals surface area (Å²) in [6.07, 6.45) is 7.46. The summed E-state index contributed by atoms with van der Waals surface area (Å²) in [4.78, 5) is 27.9. The van der Waals surface area contributed by atoms with Gasteiger partial charge < -0.3 is 10.2 Å². The lowest BCUT2D eigenvalue weighted by Gasteiger charge is -2.36. The van der Waals surface area contributed by atoms with Crippen molar-refractivity contribution in [2.75, 3.05) is 17.3 Å². The van der Waals surface area contributed by atoms with E-state index in [4.69, 9.17) is 0 Å². The number of hydrogen-bond acceptors (Lipinski definition) is 3. The molecule has 0 aromatic heterocycles. The second-order valence-electron chi connectivity index (χ2n) is 10.8. The van der Waals surface area contributed by atoms with E-state index in [1.165, 1.54) is 23.1 Å². The summed E-state index contributed by atoms with van der Waals surface area (Å²) >= 11 is 0. The summed E-state index contributed by atoms with van der Waals surface area (Å²) < 4.78 is 0.